The first-order valence-corrected chi connectivity index (χ1v) is 7.31. The molecular weight excluding hydrogens is 260 g/mol. The Morgan fingerprint density at radius 2 is 1.95 bits per heavy atom. The number of nitrogens with zero attached hydrogens (tertiary/aromatic N) is 1. The number of hydrogen-bond donors (Lipinski definition) is 1. The van der Waals surface area contributed by atoms with Crippen molar-refractivity contribution in [2.75, 3.05) is 11.4 Å². The molecule has 2 aromatic carbocycles. The molecule has 1 aliphatic heterocycles. The fourth-order valence-corrected chi connectivity index (χ4v) is 3.00. The third kappa shape index (κ3) is 2.45. The number of fused-ring (bicyclic) bond motifs is 1. The van der Waals surface area contributed by atoms with Crippen LogP contribution in [0.5, 0.6) is 0 Å². The predicted molar refractivity (Wildman–Crippen MR) is 85.6 cm³/mol. The second kappa shape index (κ2) is 5.34. The van der Waals surface area contributed by atoms with Gasteiger partial charge in [0.25, 0.3) is 5.91 Å². The van der Waals surface area contributed by atoms with Crippen molar-refractivity contribution < 1.29 is 4.79 Å². The predicted octanol–water partition coefficient (Wildman–Crippen LogP) is 3.35. The average Bonchev–Trinajstić information content (AvgIpc) is 2.47. The van der Waals surface area contributed by atoms with Crippen LogP contribution in [0, 0.1) is 13.8 Å². The molecule has 1 aliphatic rings. The third-order valence-electron chi connectivity index (χ3n) is 4.15. The Balaban J connectivity index is 2.01. The molecule has 0 saturated carbocycles. The highest BCUT2D eigenvalue weighted by atomic mass is 16.2. The molecule has 2 aromatic rings. The van der Waals surface area contributed by atoms with Gasteiger partial charge in [0.15, 0.2) is 0 Å². The van der Waals surface area contributed by atoms with Gasteiger partial charge in [0.05, 0.1) is 0 Å². The van der Waals surface area contributed by atoms with Gasteiger partial charge in [-0.15, -0.1) is 0 Å². The molecule has 1 unspecified atom stereocenters. The summed E-state index contributed by atoms with van der Waals surface area (Å²) in [6, 6.07) is 13.9. The summed E-state index contributed by atoms with van der Waals surface area (Å²) in [5.41, 5.74) is 11.1. The van der Waals surface area contributed by atoms with Crippen LogP contribution in [-0.4, -0.2) is 12.5 Å². The van der Waals surface area contributed by atoms with Crippen molar-refractivity contribution in [1.29, 1.82) is 0 Å². The van der Waals surface area contributed by atoms with Gasteiger partial charge in [0.2, 0.25) is 0 Å². The maximum absolute atomic E-state index is 12.9. The minimum atomic E-state index is 0.0179. The molecular formula is C18H20N2O. The highest BCUT2D eigenvalue weighted by Gasteiger charge is 2.27. The molecule has 1 heterocycles. The lowest BCUT2D eigenvalue weighted by molar-refractivity contribution is 0.0983. The standard InChI is InChI=1S/C18H20N2O/c1-12-7-8-14(13(2)11-12)18(21)20-10-9-16(19)15-5-3-4-6-17(15)20/h3-8,11,16H,9-10,19H2,1-2H3. The molecule has 1 amide bonds. The van der Waals surface area contributed by atoms with Crippen molar-refractivity contribution >= 4 is 11.6 Å². The molecule has 3 heteroatoms. The van der Waals surface area contributed by atoms with E-state index in [-0.39, 0.29) is 11.9 Å². The van der Waals surface area contributed by atoms with Gasteiger partial charge >= 0.3 is 0 Å². The lowest BCUT2D eigenvalue weighted by atomic mass is 9.96. The van der Waals surface area contributed by atoms with E-state index in [1.807, 2.05) is 55.1 Å². The summed E-state index contributed by atoms with van der Waals surface area (Å²) in [6.07, 6.45) is 0.799. The molecule has 1 atom stereocenters. The molecule has 3 rings (SSSR count). The Morgan fingerprint density at radius 1 is 1.19 bits per heavy atom. The first-order valence-electron chi connectivity index (χ1n) is 7.31. The van der Waals surface area contributed by atoms with Gasteiger partial charge in [0.1, 0.15) is 0 Å². The lowest BCUT2D eigenvalue weighted by Gasteiger charge is -2.33. The zero-order valence-electron chi connectivity index (χ0n) is 12.5. The fourth-order valence-electron chi connectivity index (χ4n) is 3.00. The van der Waals surface area contributed by atoms with Crippen LogP contribution in [0.25, 0.3) is 0 Å². The van der Waals surface area contributed by atoms with Crippen LogP contribution in [0.2, 0.25) is 0 Å². The molecule has 0 bridgehead atoms. The van der Waals surface area contributed by atoms with E-state index in [2.05, 4.69) is 6.07 Å². The fraction of sp³-hybridized carbons (Fsp3) is 0.278. The molecule has 0 spiro atoms. The summed E-state index contributed by atoms with van der Waals surface area (Å²) >= 11 is 0. The summed E-state index contributed by atoms with van der Waals surface area (Å²) in [4.78, 5) is 14.7. The number of rotatable bonds is 1. The van der Waals surface area contributed by atoms with Crippen LogP contribution in [-0.2, 0) is 0 Å². The Morgan fingerprint density at radius 3 is 2.71 bits per heavy atom. The summed E-state index contributed by atoms with van der Waals surface area (Å²) in [6.45, 7) is 4.70. The molecule has 0 fully saturated rings. The SMILES string of the molecule is Cc1ccc(C(=O)N2CCC(N)c3ccccc32)c(C)c1. The topological polar surface area (TPSA) is 46.3 Å². The third-order valence-corrected chi connectivity index (χ3v) is 4.15. The maximum Gasteiger partial charge on any atom is 0.258 e. The van der Waals surface area contributed by atoms with Gasteiger partial charge in [-0.3, -0.25) is 4.79 Å². The number of benzene rings is 2. The van der Waals surface area contributed by atoms with Gasteiger partial charge in [0, 0.05) is 23.8 Å². The summed E-state index contributed by atoms with van der Waals surface area (Å²) < 4.78 is 0. The first kappa shape index (κ1) is 13.8. The van der Waals surface area contributed by atoms with E-state index in [0.29, 0.717) is 6.54 Å². The van der Waals surface area contributed by atoms with E-state index in [1.54, 1.807) is 0 Å². The highest BCUT2D eigenvalue weighted by molar-refractivity contribution is 6.07. The van der Waals surface area contributed by atoms with Gasteiger partial charge < -0.3 is 10.6 Å². The molecule has 0 aliphatic carbocycles. The van der Waals surface area contributed by atoms with E-state index in [0.717, 1.165) is 28.8 Å². The maximum atomic E-state index is 12.9. The van der Waals surface area contributed by atoms with Gasteiger partial charge in [-0.1, -0.05) is 35.9 Å². The molecule has 21 heavy (non-hydrogen) atoms. The molecule has 2 N–H and O–H groups in total. The number of aryl methyl sites for hydroxylation is 2. The van der Waals surface area contributed by atoms with Crippen LogP contribution < -0.4 is 10.6 Å². The summed E-state index contributed by atoms with van der Waals surface area (Å²) in [7, 11) is 0. The normalized spacial score (nSPS) is 17.5. The summed E-state index contributed by atoms with van der Waals surface area (Å²) in [5.74, 6) is 0.0619. The van der Waals surface area contributed by atoms with Crippen LogP contribution in [0.1, 0.15) is 39.5 Å². The number of hydrogen-bond acceptors (Lipinski definition) is 2. The van der Waals surface area contributed by atoms with Gasteiger partial charge in [-0.05, 0) is 43.5 Å². The van der Waals surface area contributed by atoms with Gasteiger partial charge in [-0.25, -0.2) is 0 Å². The molecule has 108 valence electrons. The van der Waals surface area contributed by atoms with E-state index in [9.17, 15) is 4.79 Å². The van der Waals surface area contributed by atoms with Crippen molar-refractivity contribution in [2.45, 2.75) is 26.3 Å². The zero-order chi connectivity index (χ0) is 15.0. The molecule has 3 nitrogen and oxygen atoms in total. The van der Waals surface area contributed by atoms with Crippen LogP contribution >= 0.6 is 0 Å². The van der Waals surface area contributed by atoms with E-state index in [1.165, 1.54) is 5.56 Å². The first-order chi connectivity index (χ1) is 10.1. The van der Waals surface area contributed by atoms with E-state index in [4.69, 9.17) is 5.73 Å². The van der Waals surface area contributed by atoms with Crippen molar-refractivity contribution in [3.63, 3.8) is 0 Å². The van der Waals surface area contributed by atoms with Crippen LogP contribution in [0.4, 0.5) is 5.69 Å². The second-order valence-corrected chi connectivity index (χ2v) is 5.73. The van der Waals surface area contributed by atoms with Gasteiger partial charge in [-0.2, -0.15) is 0 Å². The number of amides is 1. The number of nitrogens with two attached hydrogens (primary N) is 1. The number of carbonyl (C=O) groups is 1. The summed E-state index contributed by atoms with van der Waals surface area (Å²) in [5, 5.41) is 0. The van der Waals surface area contributed by atoms with E-state index >= 15 is 0 Å². The second-order valence-electron chi connectivity index (χ2n) is 5.73. The lowest BCUT2D eigenvalue weighted by Crippen LogP contribution is -2.38. The smallest absolute Gasteiger partial charge is 0.258 e. The highest BCUT2D eigenvalue weighted by Crippen LogP contribution is 2.33. The molecule has 0 saturated heterocycles. The Hall–Kier alpha value is -2.13. The number of carbonyl (C=O) groups excluding carboxylic acids is 1. The van der Waals surface area contributed by atoms with E-state index < -0.39 is 0 Å². The Bertz CT molecular complexity index is 693. The number of para-hydroxylation sites is 1. The van der Waals surface area contributed by atoms with Crippen molar-refractivity contribution in [1.82, 2.24) is 0 Å². The monoisotopic (exact) mass is 280 g/mol. The average molecular weight is 280 g/mol. The molecule has 0 aromatic heterocycles. The van der Waals surface area contributed by atoms with Crippen molar-refractivity contribution in [3.05, 3.63) is 64.7 Å². The van der Waals surface area contributed by atoms with Crippen molar-refractivity contribution in [3.8, 4) is 0 Å². The Kier molecular flexibility index (Phi) is 3.52. The number of anilines is 1. The largest absolute Gasteiger partial charge is 0.324 e. The minimum absolute atomic E-state index is 0.0179. The van der Waals surface area contributed by atoms with Crippen molar-refractivity contribution in [2.24, 2.45) is 5.73 Å². The zero-order valence-corrected chi connectivity index (χ0v) is 12.5. The van der Waals surface area contributed by atoms with Crippen LogP contribution in [0.3, 0.4) is 0 Å². The minimum Gasteiger partial charge on any atom is -0.324 e. The Labute approximate surface area is 125 Å². The van der Waals surface area contributed by atoms with Crippen LogP contribution in [0.15, 0.2) is 42.5 Å². The quantitative estimate of drug-likeness (QED) is 0.870. The molecule has 0 radical (unpaired) electrons.